The van der Waals surface area contributed by atoms with Gasteiger partial charge in [-0.15, -0.1) is 0 Å². The van der Waals surface area contributed by atoms with Crippen LogP contribution in [0.25, 0.3) is 0 Å². The van der Waals surface area contributed by atoms with Gasteiger partial charge in [-0.05, 0) is 30.5 Å². The fraction of sp³-hybridized carbons (Fsp3) is 0.588. The minimum atomic E-state index is -4.35. The molecule has 1 aromatic rings. The standard InChI is InChI=1S/C17H20F3NO3/c18-17(19,20)14-5-3-12(4-6-14)15-10-21(7-9-24-15)16(22)13-2-1-8-23-11-13/h3-6,13,15H,1-2,7-11H2/t13-,15+/m0/s1. The highest BCUT2D eigenvalue weighted by Gasteiger charge is 2.33. The molecular weight excluding hydrogens is 323 g/mol. The molecule has 2 saturated heterocycles. The average molecular weight is 343 g/mol. The highest BCUT2D eigenvalue weighted by molar-refractivity contribution is 5.79. The summed E-state index contributed by atoms with van der Waals surface area (Å²) in [5.74, 6) is -0.0694. The van der Waals surface area contributed by atoms with Crippen LogP contribution < -0.4 is 0 Å². The predicted octanol–water partition coefficient (Wildman–Crippen LogP) is 3.03. The van der Waals surface area contributed by atoms with E-state index in [1.807, 2.05) is 0 Å². The fourth-order valence-electron chi connectivity index (χ4n) is 3.13. The number of hydrogen-bond acceptors (Lipinski definition) is 3. The second-order valence-electron chi connectivity index (χ2n) is 6.18. The van der Waals surface area contributed by atoms with Crippen molar-refractivity contribution in [2.24, 2.45) is 5.92 Å². The highest BCUT2D eigenvalue weighted by Crippen LogP contribution is 2.31. The van der Waals surface area contributed by atoms with Crippen LogP contribution in [0.3, 0.4) is 0 Å². The monoisotopic (exact) mass is 343 g/mol. The van der Waals surface area contributed by atoms with Crippen LogP contribution >= 0.6 is 0 Å². The molecule has 0 aliphatic carbocycles. The van der Waals surface area contributed by atoms with Crippen LogP contribution in [0.4, 0.5) is 13.2 Å². The molecule has 1 amide bonds. The third kappa shape index (κ3) is 3.89. The first-order valence-corrected chi connectivity index (χ1v) is 8.10. The van der Waals surface area contributed by atoms with Gasteiger partial charge < -0.3 is 14.4 Å². The van der Waals surface area contributed by atoms with Gasteiger partial charge in [0.1, 0.15) is 6.10 Å². The zero-order chi connectivity index (χ0) is 17.2. The van der Waals surface area contributed by atoms with Crippen molar-refractivity contribution in [3.63, 3.8) is 0 Å². The van der Waals surface area contributed by atoms with Crippen LogP contribution in [0.5, 0.6) is 0 Å². The summed E-state index contributed by atoms with van der Waals surface area (Å²) in [6.07, 6.45) is -3.05. The molecule has 0 spiro atoms. The SMILES string of the molecule is O=C([C@H]1CCCOC1)N1CCO[C@@H](c2ccc(C(F)(F)F)cc2)C1. The number of morpholine rings is 1. The maximum Gasteiger partial charge on any atom is 0.416 e. The molecule has 2 atom stereocenters. The normalized spacial score (nSPS) is 25.5. The molecule has 0 aromatic heterocycles. The Kier molecular flexibility index (Phi) is 5.10. The van der Waals surface area contributed by atoms with Crippen LogP contribution in [0.2, 0.25) is 0 Å². The smallest absolute Gasteiger partial charge is 0.381 e. The number of halogens is 3. The van der Waals surface area contributed by atoms with Gasteiger partial charge in [0, 0.05) is 13.2 Å². The summed E-state index contributed by atoms with van der Waals surface area (Å²) in [5, 5.41) is 0. The molecule has 0 radical (unpaired) electrons. The van der Waals surface area contributed by atoms with Gasteiger partial charge in [0.2, 0.25) is 5.91 Å². The van der Waals surface area contributed by atoms with Gasteiger partial charge >= 0.3 is 6.18 Å². The number of carbonyl (C=O) groups excluding carboxylic acids is 1. The van der Waals surface area contributed by atoms with Gasteiger partial charge in [0.05, 0.1) is 31.2 Å². The minimum Gasteiger partial charge on any atom is -0.381 e. The third-order valence-electron chi connectivity index (χ3n) is 4.50. The van der Waals surface area contributed by atoms with Gasteiger partial charge in [-0.25, -0.2) is 0 Å². The van der Waals surface area contributed by atoms with Crippen LogP contribution in [-0.2, 0) is 20.4 Å². The van der Waals surface area contributed by atoms with Gasteiger partial charge in [-0.3, -0.25) is 4.79 Å². The van der Waals surface area contributed by atoms with E-state index >= 15 is 0 Å². The number of rotatable bonds is 2. The van der Waals surface area contributed by atoms with Crippen molar-refractivity contribution in [1.82, 2.24) is 4.90 Å². The lowest BCUT2D eigenvalue weighted by atomic mass is 9.99. The number of carbonyl (C=O) groups is 1. The Morgan fingerprint density at radius 3 is 2.54 bits per heavy atom. The van der Waals surface area contributed by atoms with Crippen LogP contribution in [0.1, 0.15) is 30.1 Å². The van der Waals surface area contributed by atoms with Crippen molar-refractivity contribution in [3.8, 4) is 0 Å². The highest BCUT2D eigenvalue weighted by atomic mass is 19.4. The summed E-state index contributed by atoms with van der Waals surface area (Å²) in [6.45, 7) is 2.39. The number of hydrogen-bond donors (Lipinski definition) is 0. The maximum atomic E-state index is 12.6. The summed E-state index contributed by atoms with van der Waals surface area (Å²) in [7, 11) is 0. The summed E-state index contributed by atoms with van der Waals surface area (Å²) >= 11 is 0. The molecule has 2 fully saturated rings. The van der Waals surface area contributed by atoms with E-state index in [2.05, 4.69) is 0 Å². The second kappa shape index (κ2) is 7.11. The molecular formula is C17H20F3NO3. The quantitative estimate of drug-likeness (QED) is 0.829. The summed E-state index contributed by atoms with van der Waals surface area (Å²) in [5.41, 5.74) is -0.0326. The second-order valence-corrected chi connectivity index (χ2v) is 6.18. The number of nitrogens with zero attached hydrogens (tertiary/aromatic N) is 1. The zero-order valence-corrected chi connectivity index (χ0v) is 13.2. The number of ether oxygens (including phenoxy) is 2. The van der Waals surface area contributed by atoms with Crippen molar-refractivity contribution < 1.29 is 27.4 Å². The maximum absolute atomic E-state index is 12.6. The number of benzene rings is 1. The molecule has 1 aromatic carbocycles. The summed E-state index contributed by atoms with van der Waals surface area (Å²) in [6, 6.07) is 4.94. The van der Waals surface area contributed by atoms with E-state index in [-0.39, 0.29) is 11.8 Å². The first-order valence-electron chi connectivity index (χ1n) is 8.10. The van der Waals surface area contributed by atoms with Crippen molar-refractivity contribution in [2.75, 3.05) is 32.9 Å². The lowest BCUT2D eigenvalue weighted by Gasteiger charge is -2.36. The molecule has 7 heteroatoms. The molecule has 24 heavy (non-hydrogen) atoms. The molecule has 3 rings (SSSR count). The molecule has 0 unspecified atom stereocenters. The van der Waals surface area contributed by atoms with Crippen molar-refractivity contribution >= 4 is 5.91 Å². The average Bonchev–Trinajstić information content (AvgIpc) is 2.61. The Hall–Kier alpha value is -1.60. The third-order valence-corrected chi connectivity index (χ3v) is 4.50. The predicted molar refractivity (Wildman–Crippen MR) is 80.3 cm³/mol. The number of amides is 1. The molecule has 4 nitrogen and oxygen atoms in total. The van der Waals surface area contributed by atoms with Crippen molar-refractivity contribution in [1.29, 1.82) is 0 Å². The van der Waals surface area contributed by atoms with Crippen LogP contribution in [-0.4, -0.2) is 43.7 Å². The van der Waals surface area contributed by atoms with E-state index in [1.165, 1.54) is 12.1 Å². The zero-order valence-electron chi connectivity index (χ0n) is 13.2. The molecule has 0 N–H and O–H groups in total. The molecule has 0 bridgehead atoms. The first-order chi connectivity index (χ1) is 11.4. The fourth-order valence-corrected chi connectivity index (χ4v) is 3.13. The van der Waals surface area contributed by atoms with Gasteiger partial charge in [-0.1, -0.05) is 12.1 Å². The van der Waals surface area contributed by atoms with Gasteiger partial charge in [0.25, 0.3) is 0 Å². The minimum absolute atomic E-state index is 0.0508. The molecule has 0 saturated carbocycles. The van der Waals surface area contributed by atoms with E-state index < -0.39 is 17.8 Å². The largest absolute Gasteiger partial charge is 0.416 e. The molecule has 132 valence electrons. The van der Waals surface area contributed by atoms with E-state index in [1.54, 1.807) is 4.90 Å². The topological polar surface area (TPSA) is 38.8 Å². The Morgan fingerprint density at radius 2 is 1.92 bits per heavy atom. The number of alkyl halides is 3. The van der Waals surface area contributed by atoms with Gasteiger partial charge in [-0.2, -0.15) is 13.2 Å². The van der Waals surface area contributed by atoms with Crippen LogP contribution in [0, 0.1) is 5.92 Å². The Labute approximate surface area is 138 Å². The molecule has 2 heterocycles. The Balaban J connectivity index is 1.65. The molecule has 2 aliphatic heterocycles. The lowest BCUT2D eigenvalue weighted by Crippen LogP contribution is -2.46. The van der Waals surface area contributed by atoms with E-state index in [9.17, 15) is 18.0 Å². The Bertz CT molecular complexity index is 567. The summed E-state index contributed by atoms with van der Waals surface area (Å²) < 4.78 is 48.9. The van der Waals surface area contributed by atoms with Crippen molar-refractivity contribution in [3.05, 3.63) is 35.4 Å². The van der Waals surface area contributed by atoms with Gasteiger partial charge in [0.15, 0.2) is 0 Å². The Morgan fingerprint density at radius 1 is 1.17 bits per heavy atom. The van der Waals surface area contributed by atoms with E-state index in [0.29, 0.717) is 38.5 Å². The van der Waals surface area contributed by atoms with E-state index in [4.69, 9.17) is 9.47 Å². The summed E-state index contributed by atoms with van der Waals surface area (Å²) in [4.78, 5) is 14.3. The van der Waals surface area contributed by atoms with E-state index in [0.717, 1.165) is 25.0 Å². The molecule has 2 aliphatic rings. The van der Waals surface area contributed by atoms with Crippen LogP contribution in [0.15, 0.2) is 24.3 Å². The van der Waals surface area contributed by atoms with Crippen molar-refractivity contribution in [2.45, 2.75) is 25.1 Å². The first kappa shape index (κ1) is 17.2. The lowest BCUT2D eigenvalue weighted by molar-refractivity contribution is -0.147.